The third-order valence-electron chi connectivity index (χ3n) is 5.83. The fraction of sp³-hybridized carbons (Fsp3) is 1.00. The summed E-state index contributed by atoms with van der Waals surface area (Å²) in [4.78, 5) is 0. The Hall–Kier alpha value is -0.0800. The van der Waals surface area contributed by atoms with Crippen LogP contribution >= 0.6 is 0 Å². The molecule has 1 N–H and O–H groups in total. The van der Waals surface area contributed by atoms with Crippen LogP contribution in [0.1, 0.15) is 46.0 Å². The van der Waals surface area contributed by atoms with Crippen LogP contribution in [0.15, 0.2) is 0 Å². The highest BCUT2D eigenvalue weighted by Crippen LogP contribution is 2.70. The molecule has 0 heterocycles. The molecule has 3 rings (SSSR count). The minimum atomic E-state index is -0.0794. The summed E-state index contributed by atoms with van der Waals surface area (Å²) in [7, 11) is 1.76. The first-order valence-electron chi connectivity index (χ1n) is 7.27. The molecule has 0 amide bonds. The zero-order valence-electron chi connectivity index (χ0n) is 11.4. The number of rotatable bonds is 5. The van der Waals surface area contributed by atoms with Crippen LogP contribution in [0, 0.1) is 29.6 Å². The van der Waals surface area contributed by atoms with Gasteiger partial charge in [0.1, 0.15) is 0 Å². The Balaban J connectivity index is 1.51. The molecule has 2 nitrogen and oxygen atoms in total. The van der Waals surface area contributed by atoms with Gasteiger partial charge in [-0.15, -0.1) is 0 Å². The van der Waals surface area contributed by atoms with Crippen LogP contribution in [0.3, 0.4) is 0 Å². The lowest BCUT2D eigenvalue weighted by atomic mass is 9.93. The SMILES string of the molecule is COC(C)(C)CCC(O)C1C2C3CCC(C3)C12. The molecule has 5 unspecified atom stereocenters. The van der Waals surface area contributed by atoms with Gasteiger partial charge in [-0.2, -0.15) is 0 Å². The van der Waals surface area contributed by atoms with Crippen molar-refractivity contribution in [3.8, 4) is 0 Å². The van der Waals surface area contributed by atoms with Gasteiger partial charge in [-0.05, 0) is 75.5 Å². The van der Waals surface area contributed by atoms with Crippen molar-refractivity contribution >= 4 is 0 Å². The number of ether oxygens (including phenoxy) is 1. The summed E-state index contributed by atoms with van der Waals surface area (Å²) >= 11 is 0. The lowest BCUT2D eigenvalue weighted by Crippen LogP contribution is -2.26. The molecule has 0 saturated heterocycles. The zero-order chi connectivity index (χ0) is 12.2. The summed E-state index contributed by atoms with van der Waals surface area (Å²) < 4.78 is 5.43. The highest BCUT2D eigenvalue weighted by atomic mass is 16.5. The molecular weight excluding hydrogens is 212 g/mol. The van der Waals surface area contributed by atoms with Crippen LogP contribution in [-0.2, 0) is 4.74 Å². The van der Waals surface area contributed by atoms with Crippen LogP contribution in [-0.4, -0.2) is 23.9 Å². The van der Waals surface area contributed by atoms with E-state index in [1.807, 2.05) is 0 Å². The van der Waals surface area contributed by atoms with Crippen LogP contribution in [0.5, 0.6) is 0 Å². The Labute approximate surface area is 105 Å². The van der Waals surface area contributed by atoms with Crippen LogP contribution in [0.4, 0.5) is 0 Å². The molecule has 0 aliphatic heterocycles. The molecule has 3 aliphatic rings. The van der Waals surface area contributed by atoms with Gasteiger partial charge in [0.05, 0.1) is 11.7 Å². The van der Waals surface area contributed by atoms with Crippen LogP contribution in [0.25, 0.3) is 0 Å². The van der Waals surface area contributed by atoms with Crippen molar-refractivity contribution in [1.82, 2.24) is 0 Å². The predicted octanol–water partition coefficient (Wildman–Crippen LogP) is 2.84. The van der Waals surface area contributed by atoms with Crippen molar-refractivity contribution in [2.45, 2.75) is 57.7 Å². The molecule has 17 heavy (non-hydrogen) atoms. The topological polar surface area (TPSA) is 29.5 Å². The Bertz CT molecular complexity index is 283. The Morgan fingerprint density at radius 2 is 1.82 bits per heavy atom. The van der Waals surface area contributed by atoms with E-state index in [0.717, 1.165) is 36.5 Å². The van der Waals surface area contributed by atoms with Gasteiger partial charge in [-0.25, -0.2) is 0 Å². The average molecular weight is 238 g/mol. The number of methoxy groups -OCH3 is 1. The summed E-state index contributed by atoms with van der Waals surface area (Å²) in [6, 6.07) is 0. The molecule has 5 atom stereocenters. The molecule has 0 aromatic rings. The van der Waals surface area contributed by atoms with Gasteiger partial charge < -0.3 is 9.84 Å². The number of fused-ring (bicyclic) bond motifs is 5. The average Bonchev–Trinajstić information content (AvgIpc) is 2.75. The molecule has 0 aromatic heterocycles. The molecule has 0 spiro atoms. The zero-order valence-corrected chi connectivity index (χ0v) is 11.4. The van der Waals surface area contributed by atoms with Gasteiger partial charge in [0.2, 0.25) is 0 Å². The second kappa shape index (κ2) is 3.96. The maximum atomic E-state index is 10.4. The summed E-state index contributed by atoms with van der Waals surface area (Å²) in [6.07, 6.45) is 6.18. The molecule has 3 aliphatic carbocycles. The lowest BCUT2D eigenvalue weighted by Gasteiger charge is -2.25. The third-order valence-corrected chi connectivity index (χ3v) is 5.83. The van der Waals surface area contributed by atoms with Crippen molar-refractivity contribution in [3.63, 3.8) is 0 Å². The van der Waals surface area contributed by atoms with E-state index in [1.165, 1.54) is 19.3 Å². The molecule has 3 saturated carbocycles. The monoisotopic (exact) mass is 238 g/mol. The normalized spacial score (nSPS) is 44.8. The molecule has 98 valence electrons. The maximum Gasteiger partial charge on any atom is 0.0623 e. The first kappa shape index (κ1) is 12.0. The lowest BCUT2D eigenvalue weighted by molar-refractivity contribution is -0.00107. The van der Waals surface area contributed by atoms with E-state index < -0.39 is 0 Å². The second-order valence-corrected chi connectivity index (χ2v) is 7.14. The van der Waals surface area contributed by atoms with Gasteiger partial charge in [0.15, 0.2) is 0 Å². The van der Waals surface area contributed by atoms with Gasteiger partial charge in [0, 0.05) is 7.11 Å². The summed E-state index contributed by atoms with van der Waals surface area (Å²) in [5.74, 6) is 4.39. The maximum absolute atomic E-state index is 10.4. The summed E-state index contributed by atoms with van der Waals surface area (Å²) in [5.41, 5.74) is -0.0794. The van der Waals surface area contributed by atoms with Crippen LogP contribution in [0.2, 0.25) is 0 Å². The fourth-order valence-corrected chi connectivity index (χ4v) is 4.70. The van der Waals surface area contributed by atoms with Crippen molar-refractivity contribution < 1.29 is 9.84 Å². The quantitative estimate of drug-likeness (QED) is 0.798. The van der Waals surface area contributed by atoms with E-state index >= 15 is 0 Å². The van der Waals surface area contributed by atoms with Gasteiger partial charge in [-0.1, -0.05) is 0 Å². The molecule has 2 bridgehead atoms. The fourth-order valence-electron chi connectivity index (χ4n) is 4.70. The first-order valence-corrected chi connectivity index (χ1v) is 7.27. The first-order chi connectivity index (χ1) is 8.03. The van der Waals surface area contributed by atoms with E-state index in [9.17, 15) is 5.11 Å². The predicted molar refractivity (Wildman–Crippen MR) is 67.6 cm³/mol. The highest BCUT2D eigenvalue weighted by Gasteiger charge is 2.66. The standard InChI is InChI=1S/C15H26O2/c1-15(2,17-3)7-6-11(16)14-12-9-4-5-10(8-9)13(12)14/h9-14,16H,4-8H2,1-3H3. The van der Waals surface area contributed by atoms with Crippen LogP contribution < -0.4 is 0 Å². The molecule has 3 fully saturated rings. The highest BCUT2D eigenvalue weighted by molar-refractivity contribution is 5.14. The Kier molecular flexibility index (Phi) is 2.79. The number of hydrogen-bond acceptors (Lipinski definition) is 2. The second-order valence-electron chi connectivity index (χ2n) is 7.14. The molecular formula is C15H26O2. The molecule has 0 aromatic carbocycles. The van der Waals surface area contributed by atoms with Gasteiger partial charge in [-0.3, -0.25) is 0 Å². The van der Waals surface area contributed by atoms with E-state index in [1.54, 1.807) is 7.11 Å². The third kappa shape index (κ3) is 1.94. The minimum Gasteiger partial charge on any atom is -0.393 e. The van der Waals surface area contributed by atoms with Crippen molar-refractivity contribution in [2.24, 2.45) is 29.6 Å². The van der Waals surface area contributed by atoms with E-state index in [0.29, 0.717) is 5.92 Å². The van der Waals surface area contributed by atoms with Crippen molar-refractivity contribution in [1.29, 1.82) is 0 Å². The van der Waals surface area contributed by atoms with Crippen molar-refractivity contribution in [3.05, 3.63) is 0 Å². The van der Waals surface area contributed by atoms with E-state index in [-0.39, 0.29) is 11.7 Å². The Morgan fingerprint density at radius 3 is 2.35 bits per heavy atom. The van der Waals surface area contributed by atoms with E-state index in [2.05, 4.69) is 13.8 Å². The minimum absolute atomic E-state index is 0.0668. The van der Waals surface area contributed by atoms with Gasteiger partial charge >= 0.3 is 0 Å². The van der Waals surface area contributed by atoms with Crippen molar-refractivity contribution in [2.75, 3.05) is 7.11 Å². The Morgan fingerprint density at radius 1 is 1.24 bits per heavy atom. The number of hydrogen-bond donors (Lipinski definition) is 1. The number of aliphatic hydroxyl groups is 1. The largest absolute Gasteiger partial charge is 0.393 e. The molecule has 2 heteroatoms. The van der Waals surface area contributed by atoms with Gasteiger partial charge in [0.25, 0.3) is 0 Å². The molecule has 0 radical (unpaired) electrons. The smallest absolute Gasteiger partial charge is 0.0623 e. The summed E-state index contributed by atoms with van der Waals surface area (Å²) in [5, 5.41) is 10.4. The van der Waals surface area contributed by atoms with E-state index in [4.69, 9.17) is 4.74 Å². The summed E-state index contributed by atoms with van der Waals surface area (Å²) in [6.45, 7) is 4.22. The number of aliphatic hydroxyl groups excluding tert-OH is 1.